The molecule has 0 fully saturated rings. The van der Waals surface area contributed by atoms with Crippen LogP contribution in [0.15, 0.2) is 60.7 Å². The van der Waals surface area contributed by atoms with Crippen molar-refractivity contribution in [2.24, 2.45) is 0 Å². The second kappa shape index (κ2) is 10.3. The molecule has 0 aliphatic carbocycles. The quantitative estimate of drug-likeness (QED) is 0.340. The van der Waals surface area contributed by atoms with Crippen LogP contribution in [-0.4, -0.2) is 31.4 Å². The molecule has 0 heterocycles. The van der Waals surface area contributed by atoms with Crippen LogP contribution in [0.3, 0.4) is 0 Å². The molecule has 0 aliphatic rings. The summed E-state index contributed by atoms with van der Waals surface area (Å²) in [5.74, 6) is -0.464. The van der Waals surface area contributed by atoms with Crippen molar-refractivity contribution >= 4 is 32.8 Å². The smallest absolute Gasteiger partial charge is 0.270 e. The first-order valence-electron chi connectivity index (χ1n) is 10.3. The number of nitro groups is 1. The third-order valence-corrected chi connectivity index (χ3v) is 5.64. The van der Waals surface area contributed by atoms with E-state index in [0.717, 1.165) is 22.9 Å². The van der Waals surface area contributed by atoms with E-state index in [4.69, 9.17) is 4.74 Å². The Kier molecular flexibility index (Phi) is 7.52. The summed E-state index contributed by atoms with van der Waals surface area (Å²) in [5, 5.41) is 16.5. The number of rotatable bonds is 9. The van der Waals surface area contributed by atoms with Crippen LogP contribution in [-0.2, 0) is 16.4 Å². The highest BCUT2D eigenvalue weighted by Crippen LogP contribution is 2.30. The lowest BCUT2D eigenvalue weighted by atomic mass is 10.1. The molecular formula is C24H25N3O6S. The molecule has 3 rings (SSSR count). The molecule has 0 aliphatic heterocycles. The Hall–Kier alpha value is -3.92. The van der Waals surface area contributed by atoms with Gasteiger partial charge in [-0.05, 0) is 43.2 Å². The minimum Gasteiger partial charge on any atom is -0.487 e. The standard InChI is InChI=1S/C24H25N3O6S/c1-16-7-8-17(2)19(11-16)14-33-23-13-20(9-10-22(23)25-15-34(3,31)32)26-24(28)18-5-4-6-21(12-18)27(29)30/h4-13,25H,14-15H2,1-3H3,(H,26,28). The van der Waals surface area contributed by atoms with Crippen LogP contribution in [0.2, 0.25) is 0 Å². The summed E-state index contributed by atoms with van der Waals surface area (Å²) in [6.45, 7) is 4.19. The number of benzene rings is 3. The van der Waals surface area contributed by atoms with Gasteiger partial charge in [0.2, 0.25) is 0 Å². The number of aryl methyl sites for hydroxylation is 2. The van der Waals surface area contributed by atoms with Crippen molar-refractivity contribution < 1.29 is 22.9 Å². The summed E-state index contributed by atoms with van der Waals surface area (Å²) in [6.07, 6.45) is 1.12. The van der Waals surface area contributed by atoms with Crippen LogP contribution < -0.4 is 15.4 Å². The first kappa shape index (κ1) is 24.7. The fourth-order valence-corrected chi connectivity index (χ4v) is 3.57. The van der Waals surface area contributed by atoms with E-state index in [1.165, 1.54) is 24.3 Å². The molecule has 0 aromatic heterocycles. The van der Waals surface area contributed by atoms with Gasteiger partial charge in [-0.3, -0.25) is 14.9 Å². The SMILES string of the molecule is Cc1ccc(C)c(COc2cc(NC(=O)c3cccc([N+](=O)[O-])c3)ccc2NCS(C)(=O)=O)c1. The summed E-state index contributed by atoms with van der Waals surface area (Å²) in [5.41, 5.74) is 3.88. The maximum absolute atomic E-state index is 12.6. The van der Waals surface area contributed by atoms with Gasteiger partial charge in [-0.25, -0.2) is 8.42 Å². The van der Waals surface area contributed by atoms with Gasteiger partial charge in [0.05, 0.1) is 10.6 Å². The van der Waals surface area contributed by atoms with E-state index in [9.17, 15) is 23.3 Å². The molecule has 3 aromatic rings. The zero-order chi connectivity index (χ0) is 24.9. The predicted molar refractivity (Wildman–Crippen MR) is 131 cm³/mol. The highest BCUT2D eigenvalue weighted by Gasteiger charge is 2.14. The van der Waals surface area contributed by atoms with Crippen molar-refractivity contribution in [1.29, 1.82) is 0 Å². The largest absolute Gasteiger partial charge is 0.487 e. The van der Waals surface area contributed by atoms with Gasteiger partial charge < -0.3 is 15.4 Å². The number of amides is 1. The first-order chi connectivity index (χ1) is 16.0. The van der Waals surface area contributed by atoms with Crippen molar-refractivity contribution in [3.8, 4) is 5.75 Å². The summed E-state index contributed by atoms with van der Waals surface area (Å²) in [6, 6.07) is 16.2. The number of ether oxygens (including phenoxy) is 1. The van der Waals surface area contributed by atoms with Gasteiger partial charge in [0.1, 0.15) is 18.2 Å². The van der Waals surface area contributed by atoms with E-state index in [1.54, 1.807) is 18.2 Å². The van der Waals surface area contributed by atoms with Crippen LogP contribution in [0.1, 0.15) is 27.0 Å². The van der Waals surface area contributed by atoms with Crippen molar-refractivity contribution in [3.05, 3.63) is 93.0 Å². The van der Waals surface area contributed by atoms with E-state index in [1.807, 2.05) is 32.0 Å². The van der Waals surface area contributed by atoms with Crippen LogP contribution in [0.5, 0.6) is 5.75 Å². The molecule has 34 heavy (non-hydrogen) atoms. The second-order valence-electron chi connectivity index (χ2n) is 7.94. The Labute approximate surface area is 197 Å². The first-order valence-corrected chi connectivity index (χ1v) is 12.4. The number of sulfone groups is 1. The Morgan fingerprint density at radius 3 is 2.53 bits per heavy atom. The number of carbonyl (C=O) groups is 1. The van der Waals surface area contributed by atoms with E-state index < -0.39 is 20.7 Å². The second-order valence-corrected chi connectivity index (χ2v) is 10.1. The van der Waals surface area contributed by atoms with Gasteiger partial charge in [0, 0.05) is 35.7 Å². The lowest BCUT2D eigenvalue weighted by Gasteiger charge is -2.16. The highest BCUT2D eigenvalue weighted by atomic mass is 32.2. The van der Waals surface area contributed by atoms with Gasteiger partial charge in [0.25, 0.3) is 11.6 Å². The molecule has 0 saturated carbocycles. The van der Waals surface area contributed by atoms with Gasteiger partial charge in [0.15, 0.2) is 9.84 Å². The molecule has 0 saturated heterocycles. The lowest BCUT2D eigenvalue weighted by molar-refractivity contribution is -0.384. The molecule has 10 heteroatoms. The van der Waals surface area contributed by atoms with E-state index >= 15 is 0 Å². The minimum atomic E-state index is -3.29. The number of anilines is 2. The number of carbonyl (C=O) groups excluding carboxylic acids is 1. The molecular weight excluding hydrogens is 458 g/mol. The third kappa shape index (κ3) is 6.79. The van der Waals surface area contributed by atoms with Crippen molar-refractivity contribution in [1.82, 2.24) is 0 Å². The van der Waals surface area contributed by atoms with E-state index in [0.29, 0.717) is 17.1 Å². The molecule has 0 spiro atoms. The van der Waals surface area contributed by atoms with Crippen LogP contribution in [0.25, 0.3) is 0 Å². The maximum Gasteiger partial charge on any atom is 0.270 e. The Balaban J connectivity index is 1.85. The fraction of sp³-hybridized carbons (Fsp3) is 0.208. The highest BCUT2D eigenvalue weighted by molar-refractivity contribution is 7.90. The third-order valence-electron chi connectivity index (χ3n) is 4.97. The molecule has 3 aromatic carbocycles. The van der Waals surface area contributed by atoms with Crippen LogP contribution >= 0.6 is 0 Å². The summed E-state index contributed by atoms with van der Waals surface area (Å²) in [7, 11) is -3.29. The topological polar surface area (TPSA) is 128 Å². The number of non-ortho nitro benzene ring substituents is 1. The average Bonchev–Trinajstić information content (AvgIpc) is 2.78. The maximum atomic E-state index is 12.6. The Morgan fingerprint density at radius 1 is 1.06 bits per heavy atom. The molecule has 1 amide bonds. The monoisotopic (exact) mass is 483 g/mol. The number of nitrogens with zero attached hydrogens (tertiary/aromatic N) is 1. The van der Waals surface area contributed by atoms with Crippen LogP contribution in [0, 0.1) is 24.0 Å². The van der Waals surface area contributed by atoms with Gasteiger partial charge >= 0.3 is 0 Å². The molecule has 178 valence electrons. The number of hydrogen-bond acceptors (Lipinski definition) is 7. The van der Waals surface area contributed by atoms with Gasteiger partial charge in [-0.15, -0.1) is 0 Å². The van der Waals surface area contributed by atoms with Gasteiger partial charge in [-0.1, -0.05) is 29.8 Å². The molecule has 0 unspecified atom stereocenters. The van der Waals surface area contributed by atoms with E-state index in [2.05, 4.69) is 10.6 Å². The molecule has 0 bridgehead atoms. The summed E-state index contributed by atoms with van der Waals surface area (Å²) < 4.78 is 29.2. The zero-order valence-electron chi connectivity index (χ0n) is 19.0. The Morgan fingerprint density at radius 2 is 1.82 bits per heavy atom. The lowest BCUT2D eigenvalue weighted by Crippen LogP contribution is -2.14. The van der Waals surface area contributed by atoms with Crippen molar-refractivity contribution in [2.75, 3.05) is 22.8 Å². The molecule has 9 nitrogen and oxygen atoms in total. The molecule has 2 N–H and O–H groups in total. The zero-order valence-corrected chi connectivity index (χ0v) is 19.8. The Bertz CT molecular complexity index is 1340. The minimum absolute atomic E-state index is 0.131. The number of hydrogen-bond donors (Lipinski definition) is 2. The number of nitro benzene ring substituents is 1. The molecule has 0 atom stereocenters. The normalized spacial score (nSPS) is 11.0. The van der Waals surface area contributed by atoms with Crippen LogP contribution in [0.4, 0.5) is 17.1 Å². The van der Waals surface area contributed by atoms with Crippen molar-refractivity contribution in [2.45, 2.75) is 20.5 Å². The van der Waals surface area contributed by atoms with Crippen molar-refractivity contribution in [3.63, 3.8) is 0 Å². The number of nitrogens with one attached hydrogen (secondary N) is 2. The van der Waals surface area contributed by atoms with E-state index in [-0.39, 0.29) is 23.7 Å². The fourth-order valence-electron chi connectivity index (χ4n) is 3.15. The summed E-state index contributed by atoms with van der Waals surface area (Å²) in [4.78, 5) is 23.1. The van der Waals surface area contributed by atoms with Gasteiger partial charge in [-0.2, -0.15) is 0 Å². The molecule has 0 radical (unpaired) electrons. The summed E-state index contributed by atoms with van der Waals surface area (Å²) >= 11 is 0. The average molecular weight is 484 g/mol. The predicted octanol–water partition coefficient (Wildman–Crippen LogP) is 4.46.